The highest BCUT2D eigenvalue weighted by molar-refractivity contribution is 5.97. The lowest BCUT2D eigenvalue weighted by atomic mass is 9.99. The Kier molecular flexibility index (Phi) is 9.20. The summed E-state index contributed by atoms with van der Waals surface area (Å²) in [5, 5.41) is 3.06. The highest BCUT2D eigenvalue weighted by atomic mass is 16.6. The smallest absolute Gasteiger partial charge is 0.338 e. The van der Waals surface area contributed by atoms with Crippen LogP contribution in [0.25, 0.3) is 10.9 Å². The van der Waals surface area contributed by atoms with E-state index in [9.17, 15) is 19.2 Å². The molecule has 1 amide bonds. The van der Waals surface area contributed by atoms with Gasteiger partial charge in [-0.3, -0.25) is 14.2 Å². The highest BCUT2D eigenvalue weighted by Gasteiger charge is 2.32. The molecular weight excluding hydrogens is 548 g/mol. The zero-order valence-corrected chi connectivity index (χ0v) is 25.6. The summed E-state index contributed by atoms with van der Waals surface area (Å²) in [5.41, 5.74) is 0.698. The van der Waals surface area contributed by atoms with E-state index in [0.29, 0.717) is 28.8 Å². The first-order valence-corrected chi connectivity index (χ1v) is 14.0. The minimum absolute atomic E-state index is 0.0117. The van der Waals surface area contributed by atoms with Gasteiger partial charge in [0.05, 0.1) is 29.6 Å². The van der Waals surface area contributed by atoms with Gasteiger partial charge in [-0.2, -0.15) is 0 Å². The number of H-pyrrole nitrogens is 1. The van der Waals surface area contributed by atoms with Crippen molar-refractivity contribution in [3.63, 3.8) is 0 Å². The van der Waals surface area contributed by atoms with E-state index >= 15 is 0 Å². The average molecular weight is 587 g/mol. The van der Waals surface area contributed by atoms with E-state index in [1.807, 2.05) is 64.0 Å². The number of methoxy groups -OCH3 is 1. The second-order valence-corrected chi connectivity index (χ2v) is 11.3. The molecule has 0 saturated carbocycles. The topological polar surface area (TPSA) is 123 Å². The van der Waals surface area contributed by atoms with Crippen molar-refractivity contribution in [1.29, 1.82) is 0 Å². The van der Waals surface area contributed by atoms with Crippen LogP contribution < -0.4 is 21.3 Å². The molecule has 2 unspecified atom stereocenters. The number of fused-ring (bicyclic) bond motifs is 1. The van der Waals surface area contributed by atoms with Gasteiger partial charge in [0.1, 0.15) is 11.4 Å². The standard InChI is InChI=1S/C33H38N4O6/c1-20(23-10-12-24(13-11-23)31(40)43-33(3,4)21(2)36(5)6)37-30(39)27-18-25(14-17-28(27)35-32(37)41)29(38)34-19-22-8-15-26(42-7)16-9-22/h8-18,20-21H,19H2,1-7H3,(H,34,38)(H,35,41). The number of likely N-dealkylation sites (N-methyl/N-ethyl adjacent to an activating group) is 1. The van der Waals surface area contributed by atoms with E-state index in [0.717, 1.165) is 15.9 Å². The van der Waals surface area contributed by atoms with Gasteiger partial charge in [0.25, 0.3) is 11.5 Å². The van der Waals surface area contributed by atoms with Crippen molar-refractivity contribution in [2.24, 2.45) is 0 Å². The van der Waals surface area contributed by atoms with Crippen LogP contribution in [-0.4, -0.2) is 59.2 Å². The van der Waals surface area contributed by atoms with E-state index in [2.05, 4.69) is 10.3 Å². The van der Waals surface area contributed by atoms with Crippen molar-refractivity contribution in [2.45, 2.75) is 51.9 Å². The fraction of sp³-hybridized carbons (Fsp3) is 0.333. The van der Waals surface area contributed by atoms with Crippen molar-refractivity contribution in [2.75, 3.05) is 21.2 Å². The molecule has 226 valence electrons. The van der Waals surface area contributed by atoms with Gasteiger partial charge < -0.3 is 24.7 Å². The first-order valence-electron chi connectivity index (χ1n) is 14.0. The Labute approximate surface area is 250 Å². The molecule has 0 radical (unpaired) electrons. The van der Waals surface area contributed by atoms with Crippen LogP contribution in [0, 0.1) is 0 Å². The molecule has 4 aromatic rings. The van der Waals surface area contributed by atoms with Crippen LogP contribution in [0.15, 0.2) is 76.3 Å². The normalized spacial score (nSPS) is 13.0. The van der Waals surface area contributed by atoms with Gasteiger partial charge in [-0.05, 0) is 95.4 Å². The number of benzene rings is 3. The number of esters is 1. The summed E-state index contributed by atoms with van der Waals surface area (Å²) in [5.74, 6) is -0.0955. The molecule has 0 aliphatic heterocycles. The minimum atomic E-state index is -0.719. The van der Waals surface area contributed by atoms with Gasteiger partial charge in [0.2, 0.25) is 0 Å². The third-order valence-corrected chi connectivity index (χ3v) is 7.96. The summed E-state index contributed by atoms with van der Waals surface area (Å²) in [6, 6.07) is 17.9. The first-order chi connectivity index (χ1) is 20.3. The molecule has 0 aliphatic rings. The van der Waals surface area contributed by atoms with Gasteiger partial charge in [-0.25, -0.2) is 9.59 Å². The molecular formula is C33H38N4O6. The molecule has 2 N–H and O–H groups in total. The molecule has 43 heavy (non-hydrogen) atoms. The lowest BCUT2D eigenvalue weighted by Gasteiger charge is -2.35. The maximum Gasteiger partial charge on any atom is 0.338 e. The van der Waals surface area contributed by atoms with Crippen LogP contribution in [-0.2, 0) is 11.3 Å². The highest BCUT2D eigenvalue weighted by Crippen LogP contribution is 2.22. The number of nitrogens with zero attached hydrogens (tertiary/aromatic N) is 2. The Bertz CT molecular complexity index is 1740. The Balaban J connectivity index is 1.55. The summed E-state index contributed by atoms with van der Waals surface area (Å²) in [6.45, 7) is 7.72. The fourth-order valence-electron chi connectivity index (χ4n) is 4.80. The number of aromatic amines is 1. The van der Waals surface area contributed by atoms with Crippen LogP contribution in [0.3, 0.4) is 0 Å². The van der Waals surface area contributed by atoms with E-state index in [4.69, 9.17) is 9.47 Å². The van der Waals surface area contributed by atoms with E-state index in [1.165, 1.54) is 6.07 Å². The van der Waals surface area contributed by atoms with Crippen LogP contribution in [0.4, 0.5) is 0 Å². The van der Waals surface area contributed by atoms with E-state index in [-0.39, 0.29) is 17.3 Å². The van der Waals surface area contributed by atoms with Crippen molar-refractivity contribution < 1.29 is 19.1 Å². The Morgan fingerprint density at radius 2 is 1.58 bits per heavy atom. The first kappa shape index (κ1) is 31.2. The maximum absolute atomic E-state index is 13.6. The third kappa shape index (κ3) is 6.86. The number of aromatic nitrogens is 2. The summed E-state index contributed by atoms with van der Waals surface area (Å²) in [6.07, 6.45) is 0. The molecule has 10 nitrogen and oxygen atoms in total. The second-order valence-electron chi connectivity index (χ2n) is 11.3. The lowest BCUT2D eigenvalue weighted by Crippen LogP contribution is -2.47. The molecule has 2 atom stereocenters. The van der Waals surface area contributed by atoms with Crippen molar-refractivity contribution in [3.05, 3.63) is 110 Å². The molecule has 0 spiro atoms. The Morgan fingerprint density at radius 1 is 0.953 bits per heavy atom. The van der Waals surface area contributed by atoms with Gasteiger partial charge >= 0.3 is 11.7 Å². The fourth-order valence-corrected chi connectivity index (χ4v) is 4.80. The molecule has 0 aliphatic carbocycles. The largest absolute Gasteiger partial charge is 0.497 e. The van der Waals surface area contributed by atoms with E-state index in [1.54, 1.807) is 50.4 Å². The summed E-state index contributed by atoms with van der Waals surface area (Å²) in [7, 11) is 5.43. The number of rotatable bonds is 10. The molecule has 0 saturated heterocycles. The molecule has 10 heteroatoms. The van der Waals surface area contributed by atoms with Gasteiger partial charge in [0.15, 0.2) is 0 Å². The number of hydrogen-bond acceptors (Lipinski definition) is 7. The van der Waals surface area contributed by atoms with Crippen LogP contribution in [0.2, 0.25) is 0 Å². The predicted molar refractivity (Wildman–Crippen MR) is 166 cm³/mol. The van der Waals surface area contributed by atoms with Crippen LogP contribution >= 0.6 is 0 Å². The maximum atomic E-state index is 13.6. The molecule has 1 aromatic heterocycles. The monoisotopic (exact) mass is 586 g/mol. The van der Waals surface area contributed by atoms with Gasteiger partial charge in [-0.15, -0.1) is 0 Å². The van der Waals surface area contributed by atoms with Crippen molar-refractivity contribution in [3.8, 4) is 5.75 Å². The predicted octanol–water partition coefficient (Wildman–Crippen LogP) is 4.12. The van der Waals surface area contributed by atoms with Crippen LogP contribution in [0.1, 0.15) is 65.6 Å². The lowest BCUT2D eigenvalue weighted by molar-refractivity contribution is -0.0339. The number of amides is 1. The zero-order chi connectivity index (χ0) is 31.5. The quantitative estimate of drug-likeness (QED) is 0.268. The van der Waals surface area contributed by atoms with E-state index < -0.39 is 28.9 Å². The molecule has 3 aromatic carbocycles. The zero-order valence-electron chi connectivity index (χ0n) is 25.6. The van der Waals surface area contributed by atoms with Gasteiger partial charge in [-0.1, -0.05) is 24.3 Å². The minimum Gasteiger partial charge on any atom is -0.497 e. The van der Waals surface area contributed by atoms with Crippen LogP contribution in [0.5, 0.6) is 5.75 Å². The summed E-state index contributed by atoms with van der Waals surface area (Å²) >= 11 is 0. The number of nitrogens with one attached hydrogen (secondary N) is 2. The summed E-state index contributed by atoms with van der Waals surface area (Å²) in [4.78, 5) is 57.0. The Morgan fingerprint density at radius 3 is 2.19 bits per heavy atom. The molecule has 0 fully saturated rings. The third-order valence-electron chi connectivity index (χ3n) is 7.96. The SMILES string of the molecule is COc1ccc(CNC(=O)c2ccc3[nH]c(=O)n(C(C)c4ccc(C(=O)OC(C)(C)C(C)N(C)C)cc4)c(=O)c3c2)cc1. The summed E-state index contributed by atoms with van der Waals surface area (Å²) < 4.78 is 12.0. The average Bonchev–Trinajstić information content (AvgIpc) is 2.99. The number of carbonyl (C=O) groups excluding carboxylic acids is 2. The molecule has 0 bridgehead atoms. The number of hydrogen-bond donors (Lipinski definition) is 2. The number of carbonyl (C=O) groups is 2. The van der Waals surface area contributed by atoms with Gasteiger partial charge in [0, 0.05) is 18.2 Å². The number of ether oxygens (including phenoxy) is 2. The second kappa shape index (κ2) is 12.7. The molecule has 1 heterocycles. The van der Waals surface area contributed by atoms with Crippen molar-refractivity contribution in [1.82, 2.24) is 19.8 Å². The van der Waals surface area contributed by atoms with Crippen molar-refractivity contribution >= 4 is 22.8 Å². The Hall–Kier alpha value is -4.70. The molecule has 4 rings (SSSR count).